The highest BCUT2D eigenvalue weighted by Gasteiger charge is 2.09. The molecule has 2 N–H and O–H groups in total. The van der Waals surface area contributed by atoms with Crippen molar-refractivity contribution in [2.45, 2.75) is 20.1 Å². The summed E-state index contributed by atoms with van der Waals surface area (Å²) in [6.07, 6.45) is 0. The summed E-state index contributed by atoms with van der Waals surface area (Å²) >= 11 is 0. The molecule has 3 heteroatoms. The van der Waals surface area contributed by atoms with Gasteiger partial charge in [0.05, 0.1) is 20.3 Å². The lowest BCUT2D eigenvalue weighted by atomic mass is 10.0. The molecule has 0 spiro atoms. The van der Waals surface area contributed by atoms with Gasteiger partial charge in [0.15, 0.2) is 0 Å². The van der Waals surface area contributed by atoms with E-state index in [1.165, 1.54) is 0 Å². The van der Waals surface area contributed by atoms with E-state index in [0.717, 1.165) is 11.1 Å². The van der Waals surface area contributed by atoms with E-state index in [9.17, 15) is 0 Å². The Morgan fingerprint density at radius 3 is 2.23 bits per heavy atom. The molecule has 1 aromatic carbocycles. The first-order valence-electron chi connectivity index (χ1n) is 4.11. The van der Waals surface area contributed by atoms with E-state index >= 15 is 0 Å². The van der Waals surface area contributed by atoms with Crippen LogP contribution in [0.4, 0.5) is 0 Å². The summed E-state index contributed by atoms with van der Waals surface area (Å²) < 4.78 is 5.06. The van der Waals surface area contributed by atoms with Gasteiger partial charge in [-0.15, -0.1) is 0 Å². The molecule has 0 aromatic heterocycles. The van der Waals surface area contributed by atoms with Crippen molar-refractivity contribution in [2.24, 2.45) is 0 Å². The Balaban J connectivity index is 3.27. The molecule has 0 fully saturated rings. The molecule has 0 aliphatic rings. The number of methoxy groups -OCH3 is 1. The first-order chi connectivity index (χ1) is 6.24. The Bertz CT molecular complexity index is 294. The van der Waals surface area contributed by atoms with E-state index < -0.39 is 0 Å². The number of aliphatic hydroxyl groups is 2. The van der Waals surface area contributed by atoms with Gasteiger partial charge in [-0.25, -0.2) is 0 Å². The van der Waals surface area contributed by atoms with Crippen molar-refractivity contribution in [3.05, 3.63) is 28.8 Å². The molecule has 1 aromatic rings. The molecule has 0 saturated carbocycles. The average Bonchev–Trinajstić information content (AvgIpc) is 2.17. The molecule has 0 radical (unpaired) electrons. The lowest BCUT2D eigenvalue weighted by molar-refractivity contribution is 0.253. The van der Waals surface area contributed by atoms with Gasteiger partial charge in [0.2, 0.25) is 0 Å². The highest BCUT2D eigenvalue weighted by atomic mass is 16.5. The number of benzene rings is 1. The van der Waals surface area contributed by atoms with Crippen LogP contribution in [0, 0.1) is 6.92 Å². The van der Waals surface area contributed by atoms with Crippen LogP contribution in [-0.2, 0) is 13.2 Å². The third-order valence-electron chi connectivity index (χ3n) is 2.16. The number of hydrogen-bond donors (Lipinski definition) is 2. The normalized spacial score (nSPS) is 10.2. The summed E-state index contributed by atoms with van der Waals surface area (Å²) in [4.78, 5) is 0. The van der Waals surface area contributed by atoms with Crippen molar-refractivity contribution < 1.29 is 14.9 Å². The van der Waals surface area contributed by atoms with Gasteiger partial charge in [0.25, 0.3) is 0 Å². The Labute approximate surface area is 77.6 Å². The number of hydrogen-bond acceptors (Lipinski definition) is 3. The van der Waals surface area contributed by atoms with E-state index in [4.69, 9.17) is 14.9 Å². The van der Waals surface area contributed by atoms with Crippen molar-refractivity contribution >= 4 is 0 Å². The third kappa shape index (κ3) is 1.82. The second-order valence-corrected chi connectivity index (χ2v) is 2.86. The number of rotatable bonds is 3. The Morgan fingerprint density at radius 1 is 1.15 bits per heavy atom. The van der Waals surface area contributed by atoms with Crippen molar-refractivity contribution in [3.8, 4) is 5.75 Å². The van der Waals surface area contributed by atoms with Crippen LogP contribution in [0.25, 0.3) is 0 Å². The van der Waals surface area contributed by atoms with Gasteiger partial charge in [0.1, 0.15) is 5.75 Å². The van der Waals surface area contributed by atoms with Crippen molar-refractivity contribution in [2.75, 3.05) is 7.11 Å². The van der Waals surface area contributed by atoms with Crippen LogP contribution >= 0.6 is 0 Å². The first kappa shape index (κ1) is 10.0. The summed E-state index contributed by atoms with van der Waals surface area (Å²) in [7, 11) is 1.55. The predicted molar refractivity (Wildman–Crippen MR) is 49.6 cm³/mol. The van der Waals surface area contributed by atoms with Crippen molar-refractivity contribution in [1.29, 1.82) is 0 Å². The maximum absolute atomic E-state index is 9.09. The molecule has 0 heterocycles. The van der Waals surface area contributed by atoms with Crippen molar-refractivity contribution in [1.82, 2.24) is 0 Å². The van der Waals surface area contributed by atoms with Gasteiger partial charge in [-0.05, 0) is 24.1 Å². The monoisotopic (exact) mass is 182 g/mol. The van der Waals surface area contributed by atoms with E-state index in [1.54, 1.807) is 13.2 Å². The number of aryl methyl sites for hydroxylation is 1. The van der Waals surface area contributed by atoms with Gasteiger partial charge in [-0.1, -0.05) is 6.07 Å². The predicted octanol–water partition coefficient (Wildman–Crippen LogP) is 0.988. The standard InChI is InChI=1S/C10H14O3/c1-7-3-4-10(13-2)9(6-12)8(7)5-11/h3-4,11-12H,5-6H2,1-2H3. The smallest absolute Gasteiger partial charge is 0.124 e. The molecular formula is C10H14O3. The Kier molecular flexibility index (Phi) is 3.28. The Hall–Kier alpha value is -1.06. The van der Waals surface area contributed by atoms with Gasteiger partial charge < -0.3 is 14.9 Å². The highest BCUT2D eigenvalue weighted by molar-refractivity contribution is 5.44. The van der Waals surface area contributed by atoms with Crippen LogP contribution in [0.3, 0.4) is 0 Å². The second-order valence-electron chi connectivity index (χ2n) is 2.86. The summed E-state index contributed by atoms with van der Waals surface area (Å²) in [5, 5.41) is 18.2. The minimum absolute atomic E-state index is 0.0705. The zero-order valence-corrected chi connectivity index (χ0v) is 7.87. The molecule has 0 saturated heterocycles. The zero-order valence-electron chi connectivity index (χ0n) is 7.87. The topological polar surface area (TPSA) is 49.7 Å². The van der Waals surface area contributed by atoms with Crippen LogP contribution in [0.2, 0.25) is 0 Å². The molecule has 72 valence electrons. The van der Waals surface area contributed by atoms with Crippen LogP contribution in [0.5, 0.6) is 5.75 Å². The fourth-order valence-corrected chi connectivity index (χ4v) is 1.37. The largest absolute Gasteiger partial charge is 0.496 e. The molecule has 0 amide bonds. The minimum Gasteiger partial charge on any atom is -0.496 e. The third-order valence-corrected chi connectivity index (χ3v) is 2.16. The maximum atomic E-state index is 9.09. The molecule has 0 atom stereocenters. The summed E-state index contributed by atoms with van der Waals surface area (Å²) in [6.45, 7) is 1.71. The van der Waals surface area contributed by atoms with Gasteiger partial charge >= 0.3 is 0 Å². The van der Waals surface area contributed by atoms with Crippen molar-refractivity contribution in [3.63, 3.8) is 0 Å². The van der Waals surface area contributed by atoms with Crippen LogP contribution in [0.15, 0.2) is 12.1 Å². The van der Waals surface area contributed by atoms with Gasteiger partial charge in [-0.3, -0.25) is 0 Å². The highest BCUT2D eigenvalue weighted by Crippen LogP contribution is 2.25. The molecule has 0 aliphatic heterocycles. The number of ether oxygens (including phenoxy) is 1. The second kappa shape index (κ2) is 4.25. The molecule has 3 nitrogen and oxygen atoms in total. The first-order valence-corrected chi connectivity index (χ1v) is 4.11. The van der Waals surface area contributed by atoms with E-state index in [-0.39, 0.29) is 13.2 Å². The van der Waals surface area contributed by atoms with Gasteiger partial charge in [-0.2, -0.15) is 0 Å². The van der Waals surface area contributed by atoms with E-state index in [1.807, 2.05) is 13.0 Å². The quantitative estimate of drug-likeness (QED) is 0.732. The fraction of sp³-hybridized carbons (Fsp3) is 0.400. The molecule has 13 heavy (non-hydrogen) atoms. The minimum atomic E-state index is -0.110. The lowest BCUT2D eigenvalue weighted by Crippen LogP contribution is -2.00. The summed E-state index contributed by atoms with van der Waals surface area (Å²) in [6, 6.07) is 3.66. The SMILES string of the molecule is COc1ccc(C)c(CO)c1CO. The fourth-order valence-electron chi connectivity index (χ4n) is 1.37. The average molecular weight is 182 g/mol. The van der Waals surface area contributed by atoms with Crippen LogP contribution in [0.1, 0.15) is 16.7 Å². The van der Waals surface area contributed by atoms with E-state index in [0.29, 0.717) is 11.3 Å². The molecule has 1 rings (SSSR count). The maximum Gasteiger partial charge on any atom is 0.124 e. The Morgan fingerprint density at radius 2 is 1.77 bits per heavy atom. The molecule has 0 unspecified atom stereocenters. The van der Waals surface area contributed by atoms with E-state index in [2.05, 4.69) is 0 Å². The summed E-state index contributed by atoms with van der Waals surface area (Å²) in [5.74, 6) is 0.622. The lowest BCUT2D eigenvalue weighted by Gasteiger charge is -2.12. The molecule has 0 bridgehead atoms. The van der Waals surface area contributed by atoms with Crippen LogP contribution < -0.4 is 4.74 Å². The summed E-state index contributed by atoms with van der Waals surface area (Å²) in [5.41, 5.74) is 2.39. The van der Waals surface area contributed by atoms with Crippen LogP contribution in [-0.4, -0.2) is 17.3 Å². The molecule has 0 aliphatic carbocycles. The number of aliphatic hydroxyl groups excluding tert-OH is 2. The van der Waals surface area contributed by atoms with Gasteiger partial charge in [0, 0.05) is 5.56 Å². The molecular weight excluding hydrogens is 168 g/mol. The zero-order chi connectivity index (χ0) is 9.84.